The van der Waals surface area contributed by atoms with E-state index in [9.17, 15) is 5.26 Å². The van der Waals surface area contributed by atoms with E-state index in [1.54, 1.807) is 0 Å². The number of nitriles is 1. The zero-order chi connectivity index (χ0) is 11.9. The highest BCUT2D eigenvalue weighted by Gasteiger charge is 2.17. The first kappa shape index (κ1) is 12.5. The van der Waals surface area contributed by atoms with Gasteiger partial charge in [0.2, 0.25) is 0 Å². The van der Waals surface area contributed by atoms with Crippen molar-refractivity contribution in [2.24, 2.45) is 0 Å². The van der Waals surface area contributed by atoms with E-state index in [2.05, 4.69) is 6.07 Å². The lowest BCUT2D eigenvalue weighted by molar-refractivity contribution is 0.100. The van der Waals surface area contributed by atoms with Crippen LogP contribution in [0.15, 0.2) is 30.3 Å². The quantitative estimate of drug-likeness (QED) is 0.819. The Kier molecular flexibility index (Phi) is 4.90. The average Bonchev–Trinajstić information content (AvgIpc) is 2.42. The predicted molar refractivity (Wildman–Crippen MR) is 71.1 cm³/mol. The van der Waals surface area contributed by atoms with Crippen molar-refractivity contribution >= 4 is 11.8 Å². The van der Waals surface area contributed by atoms with Gasteiger partial charge in [-0.05, 0) is 18.4 Å². The van der Waals surface area contributed by atoms with Crippen molar-refractivity contribution in [3.8, 4) is 6.07 Å². The molecule has 1 aliphatic rings. The third kappa shape index (κ3) is 3.76. The normalized spacial score (nSPS) is 18.5. The second-order valence-corrected chi connectivity index (χ2v) is 5.57. The van der Waals surface area contributed by atoms with Crippen LogP contribution in [0.1, 0.15) is 24.3 Å². The maximum absolute atomic E-state index is 9.22. The fraction of sp³-hybridized carbons (Fsp3) is 0.500. The zero-order valence-corrected chi connectivity index (χ0v) is 10.7. The SMILES string of the molecule is N#CC(CSC1CCOCC1)c1ccccc1. The van der Waals surface area contributed by atoms with Crippen molar-refractivity contribution in [1.29, 1.82) is 5.26 Å². The van der Waals surface area contributed by atoms with Gasteiger partial charge in [-0.2, -0.15) is 17.0 Å². The summed E-state index contributed by atoms with van der Waals surface area (Å²) in [6.45, 7) is 1.75. The van der Waals surface area contributed by atoms with Crippen LogP contribution in [0.4, 0.5) is 0 Å². The van der Waals surface area contributed by atoms with Gasteiger partial charge >= 0.3 is 0 Å². The summed E-state index contributed by atoms with van der Waals surface area (Å²) in [6.07, 6.45) is 2.25. The van der Waals surface area contributed by atoms with Crippen LogP contribution in [0.5, 0.6) is 0 Å². The molecule has 0 N–H and O–H groups in total. The van der Waals surface area contributed by atoms with Gasteiger partial charge in [0.05, 0.1) is 12.0 Å². The van der Waals surface area contributed by atoms with Crippen LogP contribution in [-0.4, -0.2) is 24.2 Å². The first-order chi connectivity index (χ1) is 8.40. The van der Waals surface area contributed by atoms with Crippen molar-refractivity contribution in [3.05, 3.63) is 35.9 Å². The van der Waals surface area contributed by atoms with Crippen molar-refractivity contribution in [2.45, 2.75) is 24.0 Å². The minimum atomic E-state index is 0.0176. The minimum Gasteiger partial charge on any atom is -0.381 e. The summed E-state index contributed by atoms with van der Waals surface area (Å²) in [5.74, 6) is 0.912. The van der Waals surface area contributed by atoms with Gasteiger partial charge < -0.3 is 4.74 Å². The summed E-state index contributed by atoms with van der Waals surface area (Å²) in [5.41, 5.74) is 1.13. The molecule has 1 atom stereocenters. The van der Waals surface area contributed by atoms with Crippen LogP contribution in [0, 0.1) is 11.3 Å². The van der Waals surface area contributed by atoms with Crippen molar-refractivity contribution in [3.63, 3.8) is 0 Å². The molecular formula is C14H17NOS. The zero-order valence-electron chi connectivity index (χ0n) is 9.84. The van der Waals surface area contributed by atoms with E-state index in [4.69, 9.17) is 4.74 Å². The number of hydrogen-bond donors (Lipinski definition) is 0. The van der Waals surface area contributed by atoms with Gasteiger partial charge in [-0.25, -0.2) is 0 Å². The van der Waals surface area contributed by atoms with Gasteiger partial charge in [-0.15, -0.1) is 0 Å². The van der Waals surface area contributed by atoms with Gasteiger partial charge in [0.1, 0.15) is 0 Å². The average molecular weight is 247 g/mol. The van der Waals surface area contributed by atoms with Gasteiger partial charge in [-0.3, -0.25) is 0 Å². The predicted octanol–water partition coefficient (Wildman–Crippen LogP) is 3.21. The maximum atomic E-state index is 9.22. The van der Waals surface area contributed by atoms with E-state index in [-0.39, 0.29) is 5.92 Å². The van der Waals surface area contributed by atoms with Gasteiger partial charge in [-0.1, -0.05) is 30.3 Å². The Bertz CT molecular complexity index is 368. The molecule has 0 spiro atoms. The van der Waals surface area contributed by atoms with Crippen molar-refractivity contribution in [2.75, 3.05) is 19.0 Å². The fourth-order valence-electron chi connectivity index (χ4n) is 1.97. The molecule has 1 aromatic rings. The Morgan fingerprint density at radius 1 is 1.29 bits per heavy atom. The van der Waals surface area contributed by atoms with Gasteiger partial charge in [0.25, 0.3) is 0 Å². The standard InChI is InChI=1S/C14H17NOS/c15-10-13(12-4-2-1-3-5-12)11-17-14-6-8-16-9-7-14/h1-5,13-14H,6-9,11H2. The molecule has 1 aliphatic heterocycles. The topological polar surface area (TPSA) is 33.0 Å². The molecule has 0 radical (unpaired) electrons. The van der Waals surface area contributed by atoms with Crippen LogP contribution >= 0.6 is 11.8 Å². The first-order valence-electron chi connectivity index (χ1n) is 6.04. The second kappa shape index (κ2) is 6.68. The Labute approximate surface area is 107 Å². The lowest BCUT2D eigenvalue weighted by Gasteiger charge is -2.22. The lowest BCUT2D eigenvalue weighted by Crippen LogP contribution is -2.18. The monoisotopic (exact) mass is 247 g/mol. The van der Waals surface area contributed by atoms with E-state index in [1.165, 1.54) is 0 Å². The maximum Gasteiger partial charge on any atom is 0.0803 e. The van der Waals surface area contributed by atoms with E-state index in [0.717, 1.165) is 37.4 Å². The van der Waals surface area contributed by atoms with Crippen LogP contribution in [0.2, 0.25) is 0 Å². The van der Waals surface area contributed by atoms with Crippen LogP contribution in [-0.2, 0) is 4.74 Å². The molecule has 1 aromatic carbocycles. The van der Waals surface area contributed by atoms with Crippen LogP contribution in [0.3, 0.4) is 0 Å². The highest BCUT2D eigenvalue weighted by molar-refractivity contribution is 7.99. The smallest absolute Gasteiger partial charge is 0.0803 e. The third-order valence-corrected chi connectivity index (χ3v) is 4.49. The van der Waals surface area contributed by atoms with E-state index in [1.807, 2.05) is 42.1 Å². The molecule has 0 aromatic heterocycles. The molecule has 1 saturated heterocycles. The van der Waals surface area contributed by atoms with Crippen molar-refractivity contribution < 1.29 is 4.74 Å². The molecule has 90 valence electrons. The van der Waals surface area contributed by atoms with Gasteiger partial charge in [0, 0.05) is 24.2 Å². The third-order valence-electron chi connectivity index (χ3n) is 3.02. The molecule has 3 heteroatoms. The van der Waals surface area contributed by atoms with Crippen LogP contribution in [0.25, 0.3) is 0 Å². The first-order valence-corrected chi connectivity index (χ1v) is 7.09. The summed E-state index contributed by atoms with van der Waals surface area (Å²) < 4.78 is 5.34. The number of hydrogen-bond acceptors (Lipinski definition) is 3. The highest BCUT2D eigenvalue weighted by atomic mass is 32.2. The number of ether oxygens (including phenoxy) is 1. The molecule has 2 rings (SSSR count). The molecule has 1 fully saturated rings. The highest BCUT2D eigenvalue weighted by Crippen LogP contribution is 2.27. The Hall–Kier alpha value is -0.980. The van der Waals surface area contributed by atoms with Crippen LogP contribution < -0.4 is 0 Å². The molecule has 0 bridgehead atoms. The second-order valence-electron chi connectivity index (χ2n) is 4.24. The molecule has 2 nitrogen and oxygen atoms in total. The lowest BCUT2D eigenvalue weighted by atomic mass is 10.0. The minimum absolute atomic E-state index is 0.0176. The van der Waals surface area contributed by atoms with Crippen molar-refractivity contribution in [1.82, 2.24) is 0 Å². The Balaban J connectivity index is 1.86. The number of thioether (sulfide) groups is 1. The number of benzene rings is 1. The Morgan fingerprint density at radius 2 is 2.00 bits per heavy atom. The fourth-order valence-corrected chi connectivity index (χ4v) is 3.23. The molecule has 1 heterocycles. The van der Waals surface area contributed by atoms with E-state index >= 15 is 0 Å². The largest absolute Gasteiger partial charge is 0.381 e. The summed E-state index contributed by atoms with van der Waals surface area (Å²) in [4.78, 5) is 0. The Morgan fingerprint density at radius 3 is 2.65 bits per heavy atom. The molecule has 0 amide bonds. The molecule has 17 heavy (non-hydrogen) atoms. The number of nitrogens with zero attached hydrogens (tertiary/aromatic N) is 1. The molecule has 1 unspecified atom stereocenters. The summed E-state index contributed by atoms with van der Waals surface area (Å²) in [6, 6.07) is 12.5. The number of rotatable bonds is 4. The summed E-state index contributed by atoms with van der Waals surface area (Å²) in [5, 5.41) is 9.89. The molecule has 0 aliphatic carbocycles. The van der Waals surface area contributed by atoms with E-state index < -0.39 is 0 Å². The molecule has 0 saturated carbocycles. The van der Waals surface area contributed by atoms with E-state index in [0.29, 0.717) is 5.25 Å². The van der Waals surface area contributed by atoms with Gasteiger partial charge in [0.15, 0.2) is 0 Å². The summed E-state index contributed by atoms with van der Waals surface area (Å²) in [7, 11) is 0. The summed E-state index contributed by atoms with van der Waals surface area (Å²) >= 11 is 1.92. The molecular weight excluding hydrogens is 230 g/mol.